The van der Waals surface area contributed by atoms with Gasteiger partial charge in [0.05, 0.1) is 10.7 Å². The van der Waals surface area contributed by atoms with Crippen LogP contribution in [0.5, 0.6) is 0 Å². The third-order valence-electron chi connectivity index (χ3n) is 6.16. The summed E-state index contributed by atoms with van der Waals surface area (Å²) in [5.74, 6) is 0.490. The van der Waals surface area contributed by atoms with Crippen LogP contribution in [-0.2, 0) is 0 Å². The molecule has 4 aliphatic heterocycles. The van der Waals surface area contributed by atoms with E-state index in [-0.39, 0.29) is 10.4 Å². The van der Waals surface area contributed by atoms with E-state index >= 15 is 0 Å². The van der Waals surface area contributed by atoms with Gasteiger partial charge in [-0.1, -0.05) is 25.4 Å². The number of piperidine rings is 2. The molecule has 1 aromatic rings. The van der Waals surface area contributed by atoms with Gasteiger partial charge in [-0.3, -0.25) is 5.43 Å². The Kier molecular flexibility index (Phi) is 5.14. The molecule has 4 aliphatic rings. The van der Waals surface area contributed by atoms with Crippen LogP contribution in [0.3, 0.4) is 0 Å². The minimum absolute atomic E-state index is 0.0632. The van der Waals surface area contributed by atoms with E-state index in [0.717, 1.165) is 39.3 Å². The van der Waals surface area contributed by atoms with Crippen molar-refractivity contribution in [2.75, 3.05) is 44.6 Å². The average molecular weight is 410 g/mol. The van der Waals surface area contributed by atoms with Gasteiger partial charge in [-0.15, -0.1) is 0 Å². The number of rotatable bonds is 3. The molecule has 0 saturated carbocycles. The minimum Gasteiger partial charge on any atom is -0.331 e. The average Bonchev–Trinajstić information content (AvgIpc) is 2.86. The number of nitrogens with zero attached hydrogens (tertiary/aromatic N) is 3. The van der Waals surface area contributed by atoms with Crippen molar-refractivity contribution >= 4 is 40.3 Å². The molecule has 2 N–H and O–H groups in total. The third-order valence-corrected chi connectivity index (χ3v) is 6.64. The van der Waals surface area contributed by atoms with Crippen LogP contribution in [0.25, 0.3) is 0 Å². The molecule has 5 rings (SSSR count). The highest BCUT2D eigenvalue weighted by Crippen LogP contribution is 2.43. The van der Waals surface area contributed by atoms with E-state index < -0.39 is 5.82 Å². The molecule has 146 valence electrons. The summed E-state index contributed by atoms with van der Waals surface area (Å²) in [7, 11) is 0. The standard InChI is InChI=1S/C19H25ClFN5S/c1-12(2)19-10-25-5-6-26(11-19)9-13(8-25)17(19)23-24-18(27)22-14-3-4-16(21)15(20)7-14/h3-4,7,12-13H,5-6,8-11H2,1-2H3,(H2,22,24,27)/b23-17-. The summed E-state index contributed by atoms with van der Waals surface area (Å²) in [4.78, 5) is 5.18. The van der Waals surface area contributed by atoms with E-state index in [0.29, 0.717) is 22.6 Å². The quantitative estimate of drug-likeness (QED) is 0.593. The third kappa shape index (κ3) is 3.58. The first-order valence-corrected chi connectivity index (χ1v) is 10.2. The SMILES string of the molecule is CC(C)C12CN3CCN(CC(C3)/C1=N/NC(=S)Nc1ccc(F)c(Cl)c1)C2. The molecule has 0 aromatic heterocycles. The zero-order chi connectivity index (χ0) is 19.2. The van der Waals surface area contributed by atoms with Gasteiger partial charge in [0.1, 0.15) is 5.82 Å². The van der Waals surface area contributed by atoms with Crippen molar-refractivity contribution in [1.29, 1.82) is 0 Å². The van der Waals surface area contributed by atoms with Crippen LogP contribution in [0.1, 0.15) is 13.8 Å². The molecule has 0 spiro atoms. The Morgan fingerprint density at radius 3 is 2.56 bits per heavy atom. The number of fused-ring (bicyclic) bond motifs is 1. The van der Waals surface area contributed by atoms with Gasteiger partial charge in [0.15, 0.2) is 5.11 Å². The molecule has 0 aliphatic carbocycles. The van der Waals surface area contributed by atoms with E-state index in [9.17, 15) is 4.39 Å². The van der Waals surface area contributed by atoms with Crippen LogP contribution in [-0.4, -0.2) is 59.9 Å². The van der Waals surface area contributed by atoms with Crippen molar-refractivity contribution in [2.45, 2.75) is 13.8 Å². The summed E-state index contributed by atoms with van der Waals surface area (Å²) in [6.45, 7) is 11.1. The Labute approximate surface area is 169 Å². The predicted octanol–water partition coefficient (Wildman–Crippen LogP) is 3.02. The van der Waals surface area contributed by atoms with Crippen LogP contribution < -0.4 is 10.7 Å². The van der Waals surface area contributed by atoms with E-state index in [2.05, 4.69) is 34.4 Å². The molecule has 0 radical (unpaired) electrons. The number of hydrazone groups is 1. The van der Waals surface area contributed by atoms with Gasteiger partial charge in [-0.05, 0) is 36.3 Å². The van der Waals surface area contributed by atoms with Crippen LogP contribution in [0.4, 0.5) is 10.1 Å². The number of hydrogen-bond donors (Lipinski definition) is 2. The first-order chi connectivity index (χ1) is 12.9. The Morgan fingerprint density at radius 2 is 1.96 bits per heavy atom. The fraction of sp³-hybridized carbons (Fsp3) is 0.579. The molecule has 1 aromatic carbocycles. The fourth-order valence-corrected chi connectivity index (χ4v) is 5.07. The van der Waals surface area contributed by atoms with Crippen molar-refractivity contribution in [3.05, 3.63) is 29.0 Å². The lowest BCUT2D eigenvalue weighted by Crippen LogP contribution is -2.63. The number of hydrogen-bond acceptors (Lipinski definition) is 4. The van der Waals surface area contributed by atoms with Gasteiger partial charge in [0.2, 0.25) is 0 Å². The molecule has 4 bridgehead atoms. The molecule has 4 saturated heterocycles. The summed E-state index contributed by atoms with van der Waals surface area (Å²) in [6.07, 6.45) is 0. The highest BCUT2D eigenvalue weighted by atomic mass is 35.5. The molecule has 4 heterocycles. The molecule has 4 fully saturated rings. The molecule has 2 unspecified atom stereocenters. The summed E-state index contributed by atoms with van der Waals surface area (Å²) in [5, 5.41) is 8.27. The zero-order valence-electron chi connectivity index (χ0n) is 15.6. The van der Waals surface area contributed by atoms with E-state index in [1.54, 1.807) is 6.07 Å². The van der Waals surface area contributed by atoms with Crippen LogP contribution >= 0.6 is 23.8 Å². The number of nitrogens with one attached hydrogen (secondary N) is 2. The lowest BCUT2D eigenvalue weighted by atomic mass is 9.64. The smallest absolute Gasteiger partial charge is 0.191 e. The Morgan fingerprint density at radius 1 is 1.30 bits per heavy atom. The van der Waals surface area contributed by atoms with Gasteiger partial charge in [-0.25, -0.2) is 4.39 Å². The van der Waals surface area contributed by atoms with Gasteiger partial charge in [0.25, 0.3) is 0 Å². The van der Waals surface area contributed by atoms with Crippen LogP contribution in [0, 0.1) is 23.1 Å². The summed E-state index contributed by atoms with van der Waals surface area (Å²) in [6, 6.07) is 4.43. The van der Waals surface area contributed by atoms with Gasteiger partial charge < -0.3 is 15.1 Å². The Bertz CT molecular complexity index is 767. The molecule has 2 atom stereocenters. The van der Waals surface area contributed by atoms with E-state index in [4.69, 9.17) is 28.9 Å². The van der Waals surface area contributed by atoms with Crippen LogP contribution in [0.15, 0.2) is 23.3 Å². The largest absolute Gasteiger partial charge is 0.331 e. The maximum atomic E-state index is 13.3. The molecular weight excluding hydrogens is 385 g/mol. The maximum Gasteiger partial charge on any atom is 0.191 e. The second-order valence-corrected chi connectivity index (χ2v) is 8.99. The van der Waals surface area contributed by atoms with Crippen molar-refractivity contribution in [1.82, 2.24) is 15.2 Å². The van der Waals surface area contributed by atoms with Crippen molar-refractivity contribution in [3.63, 3.8) is 0 Å². The lowest BCUT2D eigenvalue weighted by Gasteiger charge is -2.52. The highest BCUT2D eigenvalue weighted by molar-refractivity contribution is 7.80. The summed E-state index contributed by atoms with van der Waals surface area (Å²) < 4.78 is 13.3. The van der Waals surface area contributed by atoms with Crippen molar-refractivity contribution in [2.24, 2.45) is 22.4 Å². The predicted molar refractivity (Wildman–Crippen MR) is 112 cm³/mol. The zero-order valence-corrected chi connectivity index (χ0v) is 17.2. The van der Waals surface area contributed by atoms with E-state index in [1.807, 2.05) is 0 Å². The second kappa shape index (κ2) is 7.28. The highest BCUT2D eigenvalue weighted by Gasteiger charge is 2.53. The minimum atomic E-state index is -0.449. The fourth-order valence-electron chi connectivity index (χ4n) is 4.73. The van der Waals surface area contributed by atoms with E-state index in [1.165, 1.54) is 17.8 Å². The van der Waals surface area contributed by atoms with Gasteiger partial charge in [-0.2, -0.15) is 5.10 Å². The monoisotopic (exact) mass is 409 g/mol. The Balaban J connectivity index is 1.52. The normalized spacial score (nSPS) is 33.4. The Hall–Kier alpha value is -1.28. The molecule has 27 heavy (non-hydrogen) atoms. The number of benzene rings is 1. The molecule has 5 nitrogen and oxygen atoms in total. The lowest BCUT2D eigenvalue weighted by molar-refractivity contribution is 0.0828. The van der Waals surface area contributed by atoms with Crippen LogP contribution in [0.2, 0.25) is 5.02 Å². The van der Waals surface area contributed by atoms with Crippen molar-refractivity contribution < 1.29 is 4.39 Å². The van der Waals surface area contributed by atoms with Crippen molar-refractivity contribution in [3.8, 4) is 0 Å². The molecule has 8 heteroatoms. The molecular formula is C19H25ClFN5S. The first-order valence-electron chi connectivity index (χ1n) is 9.42. The summed E-state index contributed by atoms with van der Waals surface area (Å²) in [5.41, 5.74) is 4.98. The van der Waals surface area contributed by atoms with Gasteiger partial charge >= 0.3 is 0 Å². The number of anilines is 1. The van der Waals surface area contributed by atoms with Gasteiger partial charge in [0, 0.05) is 56.3 Å². The maximum absolute atomic E-state index is 13.3. The first kappa shape index (κ1) is 19.1. The second-order valence-electron chi connectivity index (χ2n) is 8.17. The summed E-state index contributed by atoms with van der Waals surface area (Å²) >= 11 is 11.2. The number of halogens is 2. The molecule has 0 amide bonds. The number of thiocarbonyl (C=S) groups is 1. The topological polar surface area (TPSA) is 42.9 Å².